The third kappa shape index (κ3) is 2.99. The van der Waals surface area contributed by atoms with Crippen LogP contribution in [0.1, 0.15) is 26.7 Å². The summed E-state index contributed by atoms with van der Waals surface area (Å²) in [5.74, 6) is -0.152. The van der Waals surface area contributed by atoms with Crippen LogP contribution in [-0.2, 0) is 14.3 Å². The Morgan fingerprint density at radius 2 is 2.33 bits per heavy atom. The molecule has 104 valence electrons. The third-order valence-electron chi connectivity index (χ3n) is 3.82. The number of hydrogen-bond acceptors (Lipinski definition) is 4. The number of rotatable bonds is 6. The van der Waals surface area contributed by atoms with Crippen LogP contribution in [-0.4, -0.2) is 43.4 Å². The maximum Gasteiger partial charge on any atom is 0.232 e. The van der Waals surface area contributed by atoms with E-state index in [4.69, 9.17) is 27.4 Å². The molecule has 1 aliphatic heterocycles. The van der Waals surface area contributed by atoms with Gasteiger partial charge in [0.25, 0.3) is 0 Å². The molecule has 0 aromatic carbocycles. The zero-order valence-electron chi connectivity index (χ0n) is 11.2. The van der Waals surface area contributed by atoms with Crippen LogP contribution >= 0.6 is 12.2 Å². The fraction of sp³-hybridized carbons (Fsp3) is 0.833. The Balaban J connectivity index is 2.62. The molecule has 1 saturated heterocycles. The Kier molecular flexibility index (Phi) is 5.07. The van der Waals surface area contributed by atoms with Crippen molar-refractivity contribution in [3.05, 3.63) is 0 Å². The van der Waals surface area contributed by atoms with E-state index in [-0.39, 0.29) is 10.9 Å². The Morgan fingerprint density at radius 3 is 2.72 bits per heavy atom. The van der Waals surface area contributed by atoms with Gasteiger partial charge in [0.1, 0.15) is 5.60 Å². The summed E-state index contributed by atoms with van der Waals surface area (Å²) in [5, 5.41) is 2.88. The Hall–Kier alpha value is -0.720. The molecule has 1 rings (SSSR count). The first-order valence-corrected chi connectivity index (χ1v) is 6.52. The van der Waals surface area contributed by atoms with Gasteiger partial charge in [0.15, 0.2) is 0 Å². The van der Waals surface area contributed by atoms with Gasteiger partial charge in [-0.2, -0.15) is 0 Å². The topological polar surface area (TPSA) is 73.6 Å². The lowest BCUT2D eigenvalue weighted by Crippen LogP contribution is -2.52. The van der Waals surface area contributed by atoms with E-state index in [2.05, 4.69) is 5.32 Å². The second kappa shape index (κ2) is 5.95. The van der Waals surface area contributed by atoms with Crippen LogP contribution in [0.15, 0.2) is 0 Å². The minimum atomic E-state index is -0.802. The molecular weight excluding hydrogens is 252 g/mol. The summed E-state index contributed by atoms with van der Waals surface area (Å²) < 4.78 is 10.8. The molecule has 0 saturated carbocycles. The average molecular weight is 274 g/mol. The summed E-state index contributed by atoms with van der Waals surface area (Å²) in [6.45, 7) is 5.23. The number of ether oxygens (including phenoxy) is 2. The zero-order chi connectivity index (χ0) is 13.8. The highest BCUT2D eigenvalue weighted by atomic mass is 32.1. The molecule has 18 heavy (non-hydrogen) atoms. The predicted octanol–water partition coefficient (Wildman–Crippen LogP) is 0.611. The zero-order valence-corrected chi connectivity index (χ0v) is 12.1. The highest BCUT2D eigenvalue weighted by Crippen LogP contribution is 2.24. The van der Waals surface area contributed by atoms with Crippen LogP contribution in [0.5, 0.6) is 0 Å². The lowest BCUT2D eigenvalue weighted by molar-refractivity contribution is -0.128. The van der Waals surface area contributed by atoms with Crippen molar-refractivity contribution in [1.82, 2.24) is 5.32 Å². The van der Waals surface area contributed by atoms with Gasteiger partial charge in [-0.05, 0) is 13.3 Å². The Morgan fingerprint density at radius 1 is 1.67 bits per heavy atom. The molecule has 6 heteroatoms. The maximum absolute atomic E-state index is 12.2. The average Bonchev–Trinajstić information content (AvgIpc) is 2.84. The fourth-order valence-corrected chi connectivity index (χ4v) is 2.08. The first kappa shape index (κ1) is 15.3. The second-order valence-corrected chi connectivity index (χ2v) is 5.36. The standard InChI is InChI=1S/C12H22N2O3S/c1-4-11(2,9(13)18)10(15)14-7-12(16-3)5-6-17-8-12/h4-8H2,1-3H3,(H2,13,18)(H,14,15). The number of carbonyl (C=O) groups excluding carboxylic acids is 1. The number of hydrogen-bond donors (Lipinski definition) is 2. The third-order valence-corrected chi connectivity index (χ3v) is 4.27. The molecule has 1 fully saturated rings. The van der Waals surface area contributed by atoms with E-state index in [1.165, 1.54) is 0 Å². The lowest BCUT2D eigenvalue weighted by atomic mass is 9.86. The van der Waals surface area contributed by atoms with Crippen molar-refractivity contribution in [2.45, 2.75) is 32.3 Å². The van der Waals surface area contributed by atoms with E-state index in [0.717, 1.165) is 6.42 Å². The summed E-state index contributed by atoms with van der Waals surface area (Å²) in [4.78, 5) is 12.4. The van der Waals surface area contributed by atoms with Gasteiger partial charge < -0.3 is 20.5 Å². The van der Waals surface area contributed by atoms with Gasteiger partial charge in [0, 0.05) is 26.7 Å². The molecule has 0 bridgehead atoms. The van der Waals surface area contributed by atoms with Crippen LogP contribution in [0.25, 0.3) is 0 Å². The summed E-state index contributed by atoms with van der Waals surface area (Å²) in [7, 11) is 1.63. The number of methoxy groups -OCH3 is 1. The molecule has 0 aromatic rings. The highest BCUT2D eigenvalue weighted by Gasteiger charge is 2.39. The molecule has 1 aliphatic rings. The number of nitrogens with two attached hydrogens (primary N) is 1. The van der Waals surface area contributed by atoms with E-state index in [0.29, 0.717) is 26.2 Å². The van der Waals surface area contributed by atoms with Crippen molar-refractivity contribution in [2.24, 2.45) is 11.1 Å². The Labute approximate surface area is 113 Å². The van der Waals surface area contributed by atoms with Gasteiger partial charge in [-0.3, -0.25) is 4.79 Å². The molecule has 2 unspecified atom stereocenters. The van der Waals surface area contributed by atoms with E-state index in [9.17, 15) is 4.79 Å². The Bertz CT molecular complexity index is 329. The van der Waals surface area contributed by atoms with Crippen LogP contribution in [0, 0.1) is 5.41 Å². The summed E-state index contributed by atoms with van der Waals surface area (Å²) in [6, 6.07) is 0. The van der Waals surface area contributed by atoms with Gasteiger partial charge in [0.2, 0.25) is 5.91 Å². The molecule has 0 aromatic heterocycles. The van der Waals surface area contributed by atoms with E-state index in [1.54, 1.807) is 14.0 Å². The quantitative estimate of drug-likeness (QED) is 0.694. The molecule has 0 aliphatic carbocycles. The van der Waals surface area contributed by atoms with Crippen LogP contribution in [0.4, 0.5) is 0 Å². The maximum atomic E-state index is 12.2. The van der Waals surface area contributed by atoms with Crippen molar-refractivity contribution < 1.29 is 14.3 Å². The monoisotopic (exact) mass is 274 g/mol. The van der Waals surface area contributed by atoms with Crippen LogP contribution < -0.4 is 11.1 Å². The first-order valence-electron chi connectivity index (χ1n) is 6.11. The minimum absolute atomic E-state index is 0.152. The molecule has 0 spiro atoms. The van der Waals surface area contributed by atoms with Crippen molar-refractivity contribution in [2.75, 3.05) is 26.9 Å². The van der Waals surface area contributed by atoms with E-state index >= 15 is 0 Å². The number of amides is 1. The predicted molar refractivity (Wildman–Crippen MR) is 73.4 cm³/mol. The normalized spacial score (nSPS) is 26.6. The van der Waals surface area contributed by atoms with Crippen molar-refractivity contribution >= 4 is 23.1 Å². The van der Waals surface area contributed by atoms with Crippen LogP contribution in [0.2, 0.25) is 0 Å². The summed E-state index contributed by atoms with van der Waals surface area (Å²) >= 11 is 4.97. The fourth-order valence-electron chi connectivity index (χ4n) is 1.84. The summed E-state index contributed by atoms with van der Waals surface area (Å²) in [5.41, 5.74) is 4.43. The molecule has 2 atom stereocenters. The van der Waals surface area contributed by atoms with Gasteiger partial charge in [-0.15, -0.1) is 0 Å². The SMILES string of the molecule is CCC(C)(C(=O)NCC1(OC)CCOC1)C(N)=S. The van der Waals surface area contributed by atoms with Gasteiger partial charge in [-0.1, -0.05) is 19.1 Å². The van der Waals surface area contributed by atoms with Gasteiger partial charge in [-0.25, -0.2) is 0 Å². The second-order valence-electron chi connectivity index (χ2n) is 4.92. The molecule has 5 nitrogen and oxygen atoms in total. The smallest absolute Gasteiger partial charge is 0.232 e. The number of nitrogens with one attached hydrogen (secondary N) is 1. The highest BCUT2D eigenvalue weighted by molar-refractivity contribution is 7.80. The number of carbonyl (C=O) groups is 1. The molecule has 0 radical (unpaired) electrons. The first-order chi connectivity index (χ1) is 8.40. The lowest BCUT2D eigenvalue weighted by Gasteiger charge is -2.30. The van der Waals surface area contributed by atoms with Crippen molar-refractivity contribution in [1.29, 1.82) is 0 Å². The molecular formula is C12H22N2O3S. The largest absolute Gasteiger partial charge is 0.392 e. The van der Waals surface area contributed by atoms with Crippen molar-refractivity contribution in [3.63, 3.8) is 0 Å². The minimum Gasteiger partial charge on any atom is -0.392 e. The van der Waals surface area contributed by atoms with E-state index < -0.39 is 11.0 Å². The van der Waals surface area contributed by atoms with Gasteiger partial charge >= 0.3 is 0 Å². The van der Waals surface area contributed by atoms with E-state index in [1.807, 2.05) is 6.92 Å². The summed E-state index contributed by atoms with van der Waals surface area (Å²) in [6.07, 6.45) is 1.35. The molecule has 1 heterocycles. The van der Waals surface area contributed by atoms with Gasteiger partial charge in [0.05, 0.1) is 17.0 Å². The molecule has 1 amide bonds. The van der Waals surface area contributed by atoms with Crippen LogP contribution in [0.3, 0.4) is 0 Å². The number of thiocarbonyl (C=S) groups is 1. The molecule has 3 N–H and O–H groups in total. The van der Waals surface area contributed by atoms with Crippen molar-refractivity contribution in [3.8, 4) is 0 Å².